The molecule has 5 aliphatic rings. The second-order valence-corrected chi connectivity index (χ2v) is 14.8. The van der Waals surface area contributed by atoms with E-state index in [-0.39, 0.29) is 57.6 Å². The zero-order chi connectivity index (χ0) is 24.2. The van der Waals surface area contributed by atoms with Crippen molar-refractivity contribution in [1.82, 2.24) is 0 Å². The van der Waals surface area contributed by atoms with Crippen molar-refractivity contribution in [2.45, 2.75) is 136 Å². The largest absolute Gasteiger partial charge is 0.393 e. The van der Waals surface area contributed by atoms with Crippen LogP contribution in [0, 0.1) is 45.8 Å². The highest BCUT2D eigenvalue weighted by molar-refractivity contribution is 5.19. The first-order valence-corrected chi connectivity index (χ1v) is 13.9. The molecule has 1 heterocycles. The van der Waals surface area contributed by atoms with E-state index in [0.29, 0.717) is 17.8 Å². The SMILES string of the molecule is CC1(C)CCC[C@](C)([C@H]2CC[C@]3(C)[C@@H]2[C@H](O)C[C@@H]2C4CC[C@H](O)C(C)(C)[C@@H]4[C@H](O)C[C@]23C)O1. The topological polar surface area (TPSA) is 69.9 Å². The fourth-order valence-corrected chi connectivity index (χ4v) is 10.7. The van der Waals surface area contributed by atoms with E-state index in [4.69, 9.17) is 4.74 Å². The third-order valence-electron chi connectivity index (χ3n) is 12.4. The molecule has 4 heteroatoms. The Bertz CT molecular complexity index is 778. The van der Waals surface area contributed by atoms with Crippen LogP contribution in [0.2, 0.25) is 0 Å². The van der Waals surface area contributed by atoms with Crippen molar-refractivity contribution in [3.63, 3.8) is 0 Å². The highest BCUT2D eigenvalue weighted by Gasteiger charge is 2.70. The summed E-state index contributed by atoms with van der Waals surface area (Å²) >= 11 is 0. The predicted molar refractivity (Wildman–Crippen MR) is 131 cm³/mol. The summed E-state index contributed by atoms with van der Waals surface area (Å²) in [7, 11) is 0. The van der Waals surface area contributed by atoms with Crippen molar-refractivity contribution in [3.05, 3.63) is 0 Å². The maximum Gasteiger partial charge on any atom is 0.0693 e. The van der Waals surface area contributed by atoms with Gasteiger partial charge in [-0.1, -0.05) is 27.7 Å². The van der Waals surface area contributed by atoms with E-state index in [1.807, 2.05) is 0 Å². The third-order valence-corrected chi connectivity index (χ3v) is 12.4. The fraction of sp³-hybridized carbons (Fsp3) is 1.00. The van der Waals surface area contributed by atoms with E-state index in [2.05, 4.69) is 48.5 Å². The highest BCUT2D eigenvalue weighted by Crippen LogP contribution is 2.73. The average molecular weight is 463 g/mol. The van der Waals surface area contributed by atoms with Gasteiger partial charge in [-0.25, -0.2) is 0 Å². The molecular formula is C29H50O4. The summed E-state index contributed by atoms with van der Waals surface area (Å²) in [5.74, 6) is 1.50. The maximum atomic E-state index is 11.8. The quantitative estimate of drug-likeness (QED) is 0.493. The van der Waals surface area contributed by atoms with Gasteiger partial charge in [0, 0.05) is 0 Å². The summed E-state index contributed by atoms with van der Waals surface area (Å²) in [4.78, 5) is 0. The van der Waals surface area contributed by atoms with E-state index in [9.17, 15) is 15.3 Å². The molecule has 0 aromatic heterocycles. The molecule has 11 atom stereocenters. The van der Waals surface area contributed by atoms with E-state index in [1.54, 1.807) is 0 Å². The van der Waals surface area contributed by atoms with E-state index in [0.717, 1.165) is 51.4 Å². The van der Waals surface area contributed by atoms with Crippen LogP contribution in [0.15, 0.2) is 0 Å². The molecule has 0 aromatic rings. The first-order valence-electron chi connectivity index (χ1n) is 13.9. The van der Waals surface area contributed by atoms with Crippen molar-refractivity contribution >= 4 is 0 Å². The molecule has 5 rings (SSSR count). The predicted octanol–water partition coefficient (Wildman–Crippen LogP) is 5.32. The Labute approximate surface area is 201 Å². The Balaban J connectivity index is 1.50. The van der Waals surface area contributed by atoms with Crippen molar-refractivity contribution in [2.24, 2.45) is 45.8 Å². The molecule has 1 saturated heterocycles. The third kappa shape index (κ3) is 3.29. The van der Waals surface area contributed by atoms with Gasteiger partial charge in [0.05, 0.1) is 29.5 Å². The molecule has 1 aliphatic heterocycles. The van der Waals surface area contributed by atoms with Crippen LogP contribution in [0.25, 0.3) is 0 Å². The molecule has 4 aliphatic carbocycles. The second kappa shape index (κ2) is 7.43. The molecule has 0 bridgehead atoms. The van der Waals surface area contributed by atoms with E-state index >= 15 is 0 Å². The van der Waals surface area contributed by atoms with Crippen LogP contribution in [-0.2, 0) is 4.74 Å². The van der Waals surface area contributed by atoms with Gasteiger partial charge in [0.25, 0.3) is 0 Å². The fourth-order valence-electron chi connectivity index (χ4n) is 10.7. The van der Waals surface area contributed by atoms with Gasteiger partial charge in [0.2, 0.25) is 0 Å². The number of fused-ring (bicyclic) bond motifs is 5. The van der Waals surface area contributed by atoms with Crippen molar-refractivity contribution in [2.75, 3.05) is 0 Å². The Morgan fingerprint density at radius 2 is 1.39 bits per heavy atom. The number of hydrogen-bond donors (Lipinski definition) is 3. The lowest BCUT2D eigenvalue weighted by molar-refractivity contribution is -0.254. The van der Waals surface area contributed by atoms with Crippen LogP contribution in [0.4, 0.5) is 0 Å². The Morgan fingerprint density at radius 3 is 2.06 bits per heavy atom. The average Bonchev–Trinajstić information content (AvgIpc) is 3.06. The lowest BCUT2D eigenvalue weighted by Crippen LogP contribution is -2.66. The number of rotatable bonds is 1. The molecule has 190 valence electrons. The zero-order valence-corrected chi connectivity index (χ0v) is 22.2. The van der Waals surface area contributed by atoms with Crippen LogP contribution in [-0.4, -0.2) is 44.8 Å². The summed E-state index contributed by atoms with van der Waals surface area (Å²) in [6, 6.07) is 0. The van der Waals surface area contributed by atoms with E-state index in [1.165, 1.54) is 6.42 Å². The second-order valence-electron chi connectivity index (χ2n) is 14.8. The monoisotopic (exact) mass is 462 g/mol. The molecule has 4 nitrogen and oxygen atoms in total. The van der Waals surface area contributed by atoms with Crippen molar-refractivity contribution in [3.8, 4) is 0 Å². The number of aliphatic hydroxyl groups excluding tert-OH is 3. The lowest BCUT2D eigenvalue weighted by Gasteiger charge is -2.68. The Hall–Kier alpha value is -0.160. The van der Waals surface area contributed by atoms with Gasteiger partial charge in [-0.15, -0.1) is 0 Å². The molecule has 3 N–H and O–H groups in total. The van der Waals surface area contributed by atoms with Gasteiger partial charge in [-0.05, 0) is 124 Å². The van der Waals surface area contributed by atoms with Gasteiger partial charge in [-0.2, -0.15) is 0 Å². The smallest absolute Gasteiger partial charge is 0.0693 e. The van der Waals surface area contributed by atoms with Gasteiger partial charge in [0.1, 0.15) is 0 Å². The van der Waals surface area contributed by atoms with Gasteiger partial charge in [-0.3, -0.25) is 0 Å². The lowest BCUT2D eigenvalue weighted by atomic mass is 9.38. The molecule has 0 amide bonds. The van der Waals surface area contributed by atoms with Crippen LogP contribution < -0.4 is 0 Å². The Morgan fingerprint density at radius 1 is 0.697 bits per heavy atom. The van der Waals surface area contributed by atoms with Crippen LogP contribution >= 0.6 is 0 Å². The summed E-state index contributed by atoms with van der Waals surface area (Å²) in [6.07, 6.45) is 7.99. The summed E-state index contributed by atoms with van der Waals surface area (Å²) in [5, 5.41) is 34.2. The van der Waals surface area contributed by atoms with Crippen LogP contribution in [0.3, 0.4) is 0 Å². The maximum absolute atomic E-state index is 11.8. The van der Waals surface area contributed by atoms with Gasteiger partial charge in [0.15, 0.2) is 0 Å². The molecule has 4 saturated carbocycles. The van der Waals surface area contributed by atoms with Crippen molar-refractivity contribution < 1.29 is 20.1 Å². The molecule has 0 spiro atoms. The molecule has 33 heavy (non-hydrogen) atoms. The highest BCUT2D eigenvalue weighted by atomic mass is 16.5. The standard InChI is InChI=1S/C29H50O4/c1-25(2)12-8-13-29(7,33-25)18-11-14-27(5)24(18)20(30)15-19-17-9-10-22(32)26(3,4)23(17)21(31)16-28(19,27)6/h17-24,30-32H,8-16H2,1-7H3/t17?,18-,19+,20+,21+,22-,23-,24-,27+,28+,29+/m0/s1. The zero-order valence-electron chi connectivity index (χ0n) is 22.2. The Kier molecular flexibility index (Phi) is 5.52. The van der Waals surface area contributed by atoms with E-state index < -0.39 is 0 Å². The van der Waals surface area contributed by atoms with Crippen LogP contribution in [0.1, 0.15) is 106 Å². The van der Waals surface area contributed by atoms with Crippen molar-refractivity contribution in [1.29, 1.82) is 0 Å². The molecule has 0 radical (unpaired) electrons. The minimum atomic E-state index is -0.381. The minimum Gasteiger partial charge on any atom is -0.393 e. The summed E-state index contributed by atoms with van der Waals surface area (Å²) in [6.45, 7) is 16.0. The summed E-state index contributed by atoms with van der Waals surface area (Å²) < 4.78 is 6.81. The molecule has 0 aromatic carbocycles. The molecule has 5 fully saturated rings. The molecular weight excluding hydrogens is 412 g/mol. The first-order chi connectivity index (χ1) is 15.2. The number of aliphatic hydroxyl groups is 3. The van der Waals surface area contributed by atoms with Crippen LogP contribution in [0.5, 0.6) is 0 Å². The van der Waals surface area contributed by atoms with Gasteiger partial charge < -0.3 is 20.1 Å². The number of hydrogen-bond acceptors (Lipinski definition) is 4. The molecule has 1 unspecified atom stereocenters. The minimum absolute atomic E-state index is 0.000115. The number of ether oxygens (including phenoxy) is 1. The normalized spacial score (nSPS) is 57.6. The van der Waals surface area contributed by atoms with Gasteiger partial charge >= 0.3 is 0 Å². The summed E-state index contributed by atoms with van der Waals surface area (Å²) in [5.41, 5.74) is -0.549. The first kappa shape index (κ1) is 24.5.